The molecule has 0 radical (unpaired) electrons. The first kappa shape index (κ1) is 22.3. The van der Waals surface area contributed by atoms with Crippen LogP contribution in [0.3, 0.4) is 0 Å². The maximum atomic E-state index is 6.15. The van der Waals surface area contributed by atoms with E-state index in [1.54, 1.807) is 0 Å². The molecule has 1 unspecified atom stereocenters. The Labute approximate surface area is 171 Å². The van der Waals surface area contributed by atoms with E-state index in [2.05, 4.69) is 44.0 Å². The first-order valence-electron chi connectivity index (χ1n) is 11.0. The van der Waals surface area contributed by atoms with Crippen LogP contribution in [0.4, 0.5) is 0 Å². The molecular formula is C25H37NO2. The molecule has 3 heteroatoms. The van der Waals surface area contributed by atoms with Gasteiger partial charge in [-0.2, -0.15) is 0 Å². The molecule has 0 fully saturated rings. The molecule has 1 atom stereocenters. The molecule has 2 rings (SSSR count). The van der Waals surface area contributed by atoms with Crippen molar-refractivity contribution in [2.45, 2.75) is 72.1 Å². The van der Waals surface area contributed by atoms with Crippen molar-refractivity contribution >= 4 is 0 Å². The van der Waals surface area contributed by atoms with E-state index in [-0.39, 0.29) is 0 Å². The first-order valence-corrected chi connectivity index (χ1v) is 11.0. The fourth-order valence-electron chi connectivity index (χ4n) is 3.22. The summed E-state index contributed by atoms with van der Waals surface area (Å²) < 4.78 is 12.2. The number of para-hydroxylation sites is 1. The van der Waals surface area contributed by atoms with Crippen molar-refractivity contribution in [2.75, 3.05) is 13.2 Å². The van der Waals surface area contributed by atoms with Crippen molar-refractivity contribution in [3.05, 3.63) is 42.7 Å². The van der Waals surface area contributed by atoms with E-state index in [1.165, 1.54) is 38.5 Å². The minimum absolute atomic E-state index is 0.728. The van der Waals surface area contributed by atoms with Crippen molar-refractivity contribution in [1.29, 1.82) is 0 Å². The molecule has 0 spiro atoms. The molecule has 2 aromatic rings. The summed E-state index contributed by atoms with van der Waals surface area (Å²) in [6.07, 6.45) is 13.3. The molecule has 0 aliphatic carbocycles. The SMILES string of the molecule is CCCCCOc1cnccc1-c1ccccc1OCCCCCC(C)CC. The predicted molar refractivity (Wildman–Crippen MR) is 118 cm³/mol. The van der Waals surface area contributed by atoms with Crippen molar-refractivity contribution in [1.82, 2.24) is 4.98 Å². The molecule has 1 aromatic heterocycles. The highest BCUT2D eigenvalue weighted by atomic mass is 16.5. The van der Waals surface area contributed by atoms with Crippen molar-refractivity contribution in [3.8, 4) is 22.6 Å². The lowest BCUT2D eigenvalue weighted by Gasteiger charge is -2.15. The Kier molecular flexibility index (Phi) is 10.5. The summed E-state index contributed by atoms with van der Waals surface area (Å²) in [5.74, 6) is 2.60. The molecule has 0 aliphatic rings. The Bertz CT molecular complexity index is 671. The molecule has 0 saturated heterocycles. The van der Waals surface area contributed by atoms with Gasteiger partial charge in [-0.15, -0.1) is 0 Å². The number of benzene rings is 1. The van der Waals surface area contributed by atoms with Crippen LogP contribution < -0.4 is 9.47 Å². The van der Waals surface area contributed by atoms with E-state index in [0.29, 0.717) is 0 Å². The first-order chi connectivity index (χ1) is 13.8. The zero-order chi connectivity index (χ0) is 20.0. The second kappa shape index (κ2) is 13.2. The minimum atomic E-state index is 0.728. The lowest BCUT2D eigenvalue weighted by Crippen LogP contribution is -2.02. The minimum Gasteiger partial charge on any atom is -0.493 e. The van der Waals surface area contributed by atoms with Crippen LogP contribution in [0.15, 0.2) is 42.7 Å². The summed E-state index contributed by atoms with van der Waals surface area (Å²) in [5.41, 5.74) is 2.13. The zero-order valence-corrected chi connectivity index (χ0v) is 18.0. The number of hydrogen-bond donors (Lipinski definition) is 0. The quantitative estimate of drug-likeness (QED) is 0.321. The summed E-state index contributed by atoms with van der Waals surface area (Å²) in [5, 5.41) is 0. The summed E-state index contributed by atoms with van der Waals surface area (Å²) in [4.78, 5) is 4.25. The normalized spacial score (nSPS) is 12.0. The highest BCUT2D eigenvalue weighted by Crippen LogP contribution is 2.36. The molecule has 0 N–H and O–H groups in total. The van der Waals surface area contributed by atoms with E-state index >= 15 is 0 Å². The lowest BCUT2D eigenvalue weighted by atomic mass is 10.0. The topological polar surface area (TPSA) is 31.4 Å². The second-order valence-electron chi connectivity index (χ2n) is 7.63. The van der Waals surface area contributed by atoms with Crippen molar-refractivity contribution in [3.63, 3.8) is 0 Å². The maximum absolute atomic E-state index is 6.15. The van der Waals surface area contributed by atoms with E-state index in [0.717, 1.165) is 54.6 Å². The van der Waals surface area contributed by atoms with Gasteiger partial charge in [0.15, 0.2) is 0 Å². The van der Waals surface area contributed by atoms with Gasteiger partial charge in [0, 0.05) is 17.3 Å². The van der Waals surface area contributed by atoms with Crippen LogP contribution in [-0.4, -0.2) is 18.2 Å². The average molecular weight is 384 g/mol. The van der Waals surface area contributed by atoms with E-state index in [1.807, 2.05) is 24.5 Å². The van der Waals surface area contributed by atoms with Gasteiger partial charge < -0.3 is 9.47 Å². The van der Waals surface area contributed by atoms with Gasteiger partial charge in [0.1, 0.15) is 11.5 Å². The maximum Gasteiger partial charge on any atom is 0.145 e. The lowest BCUT2D eigenvalue weighted by molar-refractivity contribution is 0.300. The molecule has 1 heterocycles. The van der Waals surface area contributed by atoms with Crippen LogP contribution >= 0.6 is 0 Å². The highest BCUT2D eigenvalue weighted by molar-refractivity contribution is 5.75. The predicted octanol–water partition coefficient (Wildman–Crippen LogP) is 7.30. The molecule has 28 heavy (non-hydrogen) atoms. The fraction of sp³-hybridized carbons (Fsp3) is 0.560. The molecule has 1 aromatic carbocycles. The van der Waals surface area contributed by atoms with Gasteiger partial charge in [-0.3, -0.25) is 4.98 Å². The molecule has 154 valence electrons. The number of aromatic nitrogens is 1. The van der Waals surface area contributed by atoms with Crippen LogP contribution in [0.2, 0.25) is 0 Å². The summed E-state index contributed by atoms with van der Waals surface area (Å²) in [7, 11) is 0. The third kappa shape index (κ3) is 7.53. The Hall–Kier alpha value is -2.03. The Balaban J connectivity index is 1.94. The van der Waals surface area contributed by atoms with Gasteiger partial charge in [-0.25, -0.2) is 0 Å². The van der Waals surface area contributed by atoms with Gasteiger partial charge in [-0.05, 0) is 30.9 Å². The van der Waals surface area contributed by atoms with Crippen molar-refractivity contribution in [2.24, 2.45) is 5.92 Å². The Morgan fingerprint density at radius 2 is 1.54 bits per heavy atom. The van der Waals surface area contributed by atoms with Crippen molar-refractivity contribution < 1.29 is 9.47 Å². The molecule has 0 aliphatic heterocycles. The number of rotatable bonds is 14. The smallest absolute Gasteiger partial charge is 0.145 e. The van der Waals surface area contributed by atoms with Crippen LogP contribution in [0, 0.1) is 5.92 Å². The summed E-state index contributed by atoms with van der Waals surface area (Å²) in [6, 6.07) is 10.3. The van der Waals surface area contributed by atoms with E-state index < -0.39 is 0 Å². The Morgan fingerprint density at radius 3 is 2.32 bits per heavy atom. The number of nitrogens with zero attached hydrogens (tertiary/aromatic N) is 1. The molecular weight excluding hydrogens is 346 g/mol. The van der Waals surface area contributed by atoms with Gasteiger partial charge in [0.05, 0.1) is 19.4 Å². The molecule has 0 saturated carbocycles. The third-order valence-electron chi connectivity index (χ3n) is 5.26. The van der Waals surface area contributed by atoms with Gasteiger partial charge in [0.25, 0.3) is 0 Å². The highest BCUT2D eigenvalue weighted by Gasteiger charge is 2.11. The molecule has 3 nitrogen and oxygen atoms in total. The molecule has 0 amide bonds. The Morgan fingerprint density at radius 1 is 0.821 bits per heavy atom. The monoisotopic (exact) mass is 383 g/mol. The van der Waals surface area contributed by atoms with E-state index in [9.17, 15) is 0 Å². The average Bonchev–Trinajstić information content (AvgIpc) is 2.74. The van der Waals surface area contributed by atoms with Crippen LogP contribution in [0.5, 0.6) is 11.5 Å². The fourth-order valence-corrected chi connectivity index (χ4v) is 3.22. The standard InChI is InChI=1S/C25H37NO2/c1-4-6-11-18-28-25-20-26-17-16-23(25)22-14-9-10-15-24(22)27-19-12-7-8-13-21(3)5-2/h9-10,14-17,20-21H,4-8,11-13,18-19H2,1-3H3. The van der Waals surface area contributed by atoms with Gasteiger partial charge in [-0.1, -0.05) is 77.5 Å². The number of ether oxygens (including phenoxy) is 2. The van der Waals surface area contributed by atoms with Crippen LogP contribution in [0.25, 0.3) is 11.1 Å². The third-order valence-corrected chi connectivity index (χ3v) is 5.26. The van der Waals surface area contributed by atoms with Crippen LogP contribution in [-0.2, 0) is 0 Å². The second-order valence-corrected chi connectivity index (χ2v) is 7.63. The van der Waals surface area contributed by atoms with Gasteiger partial charge in [0.2, 0.25) is 0 Å². The largest absolute Gasteiger partial charge is 0.493 e. The van der Waals surface area contributed by atoms with Gasteiger partial charge >= 0.3 is 0 Å². The number of unbranched alkanes of at least 4 members (excludes halogenated alkanes) is 4. The number of pyridine rings is 1. The number of hydrogen-bond acceptors (Lipinski definition) is 3. The molecule has 0 bridgehead atoms. The zero-order valence-electron chi connectivity index (χ0n) is 18.0. The summed E-state index contributed by atoms with van der Waals surface area (Å²) >= 11 is 0. The van der Waals surface area contributed by atoms with E-state index in [4.69, 9.17) is 9.47 Å². The van der Waals surface area contributed by atoms with Crippen LogP contribution in [0.1, 0.15) is 72.1 Å². The summed E-state index contributed by atoms with van der Waals surface area (Å²) in [6.45, 7) is 8.30.